The molecule has 6 aliphatic carbocycles. The maximum absolute atomic E-state index is 6.89. The average Bonchev–Trinajstić information content (AvgIpc) is 3.31. The molecule has 0 aromatic carbocycles. The Labute approximate surface area is 305 Å². The van der Waals surface area contributed by atoms with Crippen molar-refractivity contribution in [3.05, 3.63) is 35.5 Å². The smallest absolute Gasteiger partial charge is 0.0644 e. The molecule has 4 heteroatoms. The zero-order chi connectivity index (χ0) is 33.4. The van der Waals surface area contributed by atoms with Gasteiger partial charge in [0.05, 0.1) is 31.0 Å². The van der Waals surface area contributed by atoms with Gasteiger partial charge >= 0.3 is 0 Å². The van der Waals surface area contributed by atoms with Gasteiger partial charge in [0.25, 0.3) is 0 Å². The third-order valence-electron chi connectivity index (χ3n) is 16.1. The topological polar surface area (TPSA) is 30.9 Å². The highest BCUT2D eigenvalue weighted by Crippen LogP contribution is 2.51. The van der Waals surface area contributed by atoms with Gasteiger partial charge in [-0.15, -0.1) is 0 Å². The maximum Gasteiger partial charge on any atom is 0.0644 e. The van der Waals surface area contributed by atoms with Crippen LogP contribution in [0, 0.1) is 47.3 Å². The first-order chi connectivity index (χ1) is 24.7. The van der Waals surface area contributed by atoms with Crippen molar-refractivity contribution in [1.82, 2.24) is 4.90 Å². The predicted octanol–water partition coefficient (Wildman–Crippen LogP) is 10.6. The molecular formula is C46H71NO3. The van der Waals surface area contributed by atoms with Crippen molar-refractivity contribution in [3.63, 3.8) is 0 Å². The van der Waals surface area contributed by atoms with E-state index in [1.807, 2.05) is 11.1 Å². The third-order valence-corrected chi connectivity index (χ3v) is 16.1. The first kappa shape index (κ1) is 34.8. The van der Waals surface area contributed by atoms with Gasteiger partial charge in [0.1, 0.15) is 0 Å². The van der Waals surface area contributed by atoms with Crippen molar-refractivity contribution in [3.8, 4) is 0 Å². The second kappa shape index (κ2) is 15.8. The van der Waals surface area contributed by atoms with E-state index in [1.165, 1.54) is 141 Å². The minimum Gasteiger partial charge on any atom is -0.380 e. The van der Waals surface area contributed by atoms with E-state index in [9.17, 15) is 0 Å². The van der Waals surface area contributed by atoms with Gasteiger partial charge in [-0.25, -0.2) is 0 Å². The SMILES string of the molecule is CCOCCN1C2CC(C=C3C4CCCCC4OC4CCCCC34)CCC2C=CC2CCC(C=C3C4CCCCC4OC4CCCCC34)CC21. The number of nitrogens with zero attached hydrogens (tertiary/aromatic N) is 1. The average molecular weight is 686 g/mol. The molecule has 278 valence electrons. The van der Waals surface area contributed by atoms with E-state index in [2.05, 4.69) is 36.1 Å². The van der Waals surface area contributed by atoms with E-state index in [0.717, 1.165) is 31.6 Å². The van der Waals surface area contributed by atoms with Crippen molar-refractivity contribution < 1.29 is 14.2 Å². The molecule has 0 aromatic rings. The zero-order valence-corrected chi connectivity index (χ0v) is 31.7. The molecule has 0 N–H and O–H groups in total. The van der Waals surface area contributed by atoms with E-state index >= 15 is 0 Å². The molecule has 0 amide bonds. The van der Waals surface area contributed by atoms with Gasteiger partial charge in [-0.3, -0.25) is 4.90 Å². The van der Waals surface area contributed by atoms with Crippen LogP contribution in [-0.2, 0) is 14.2 Å². The molecule has 0 aromatic heterocycles. The molecule has 3 aliphatic heterocycles. The fourth-order valence-electron chi connectivity index (χ4n) is 13.7. The van der Waals surface area contributed by atoms with E-state index in [1.54, 1.807) is 0 Å². The van der Waals surface area contributed by atoms with Gasteiger partial charge in [-0.05, 0) is 120 Å². The van der Waals surface area contributed by atoms with Crippen molar-refractivity contribution in [2.45, 2.75) is 185 Å². The standard InChI is InChI=1S/C46H71NO3/c1-2-48-26-25-47-41-29-31(27-39-35-11-3-7-15-43(35)49-44-16-8-4-12-36(39)44)19-21-33(41)23-24-34-22-20-32(30-42(34)47)28-40-37-13-5-9-17-45(37)50-46-18-10-6-14-38(40)46/h23-24,27-28,31-38,41-46H,2-22,25-26,29-30H2,1H3. The first-order valence-corrected chi connectivity index (χ1v) is 22.5. The van der Waals surface area contributed by atoms with Gasteiger partial charge in [0.2, 0.25) is 0 Å². The summed E-state index contributed by atoms with van der Waals surface area (Å²) in [5.41, 5.74) is 3.75. The first-order valence-electron chi connectivity index (χ1n) is 22.5. The highest BCUT2D eigenvalue weighted by molar-refractivity contribution is 5.23. The van der Waals surface area contributed by atoms with Gasteiger partial charge in [0, 0.05) is 48.9 Å². The molecule has 2 saturated heterocycles. The van der Waals surface area contributed by atoms with Crippen LogP contribution in [0.25, 0.3) is 0 Å². The van der Waals surface area contributed by atoms with E-state index in [4.69, 9.17) is 14.2 Å². The molecule has 50 heavy (non-hydrogen) atoms. The van der Waals surface area contributed by atoms with Crippen molar-refractivity contribution >= 4 is 0 Å². The monoisotopic (exact) mass is 686 g/mol. The molecule has 0 bridgehead atoms. The molecule has 9 rings (SSSR count). The molecule has 9 aliphatic rings. The summed E-state index contributed by atoms with van der Waals surface area (Å²) < 4.78 is 19.9. The fraction of sp³-hybridized carbons (Fsp3) is 0.870. The Morgan fingerprint density at radius 3 is 1.36 bits per heavy atom. The van der Waals surface area contributed by atoms with E-state index in [0.29, 0.717) is 72.0 Å². The van der Waals surface area contributed by atoms with Crippen molar-refractivity contribution in [2.75, 3.05) is 19.8 Å². The number of ether oxygens (including phenoxy) is 3. The van der Waals surface area contributed by atoms with Crippen LogP contribution in [0.2, 0.25) is 0 Å². The zero-order valence-electron chi connectivity index (χ0n) is 31.7. The molecular weight excluding hydrogens is 615 g/mol. The lowest BCUT2D eigenvalue weighted by Crippen LogP contribution is -2.53. The summed E-state index contributed by atoms with van der Waals surface area (Å²) >= 11 is 0. The predicted molar refractivity (Wildman–Crippen MR) is 203 cm³/mol. The van der Waals surface area contributed by atoms with Crippen LogP contribution in [0.4, 0.5) is 0 Å². The summed E-state index contributed by atoms with van der Waals surface area (Å²) in [5, 5.41) is 0. The van der Waals surface area contributed by atoms with Crippen LogP contribution in [-0.4, -0.2) is 61.2 Å². The van der Waals surface area contributed by atoms with Crippen LogP contribution in [0.1, 0.15) is 148 Å². The third kappa shape index (κ3) is 7.04. The van der Waals surface area contributed by atoms with Gasteiger partial charge in [-0.1, -0.05) is 86.8 Å². The van der Waals surface area contributed by atoms with Crippen LogP contribution in [0.15, 0.2) is 35.5 Å². The Hall–Kier alpha value is -0.940. The number of hydrogen-bond donors (Lipinski definition) is 0. The lowest BCUT2D eigenvalue weighted by molar-refractivity contribution is -0.113. The van der Waals surface area contributed by atoms with Crippen molar-refractivity contribution in [2.24, 2.45) is 47.3 Å². The van der Waals surface area contributed by atoms with Crippen LogP contribution in [0.3, 0.4) is 0 Å². The lowest BCUT2D eigenvalue weighted by Gasteiger charge is -2.50. The highest BCUT2D eigenvalue weighted by Gasteiger charge is 2.47. The highest BCUT2D eigenvalue weighted by atomic mass is 16.5. The molecule has 14 unspecified atom stereocenters. The molecule has 0 radical (unpaired) electrons. The number of rotatable bonds is 6. The van der Waals surface area contributed by atoms with E-state index < -0.39 is 0 Å². The quantitative estimate of drug-likeness (QED) is 0.206. The maximum atomic E-state index is 6.89. The summed E-state index contributed by atoms with van der Waals surface area (Å²) in [7, 11) is 0. The number of fused-ring (bicyclic) bond motifs is 6. The summed E-state index contributed by atoms with van der Waals surface area (Å²) in [6.45, 7) is 5.00. The van der Waals surface area contributed by atoms with Gasteiger partial charge in [0.15, 0.2) is 0 Å². The largest absolute Gasteiger partial charge is 0.380 e. The Morgan fingerprint density at radius 2 is 0.960 bits per heavy atom. The molecule has 6 saturated carbocycles. The van der Waals surface area contributed by atoms with E-state index in [-0.39, 0.29) is 0 Å². The number of hydrogen-bond acceptors (Lipinski definition) is 4. The molecule has 0 spiro atoms. The lowest BCUT2D eigenvalue weighted by atomic mass is 9.66. The second-order valence-corrected chi connectivity index (χ2v) is 18.8. The van der Waals surface area contributed by atoms with Gasteiger partial charge in [-0.2, -0.15) is 0 Å². The second-order valence-electron chi connectivity index (χ2n) is 18.8. The number of allylic oxidation sites excluding steroid dienone is 2. The Bertz CT molecular complexity index is 1100. The Balaban J connectivity index is 0.976. The summed E-state index contributed by atoms with van der Waals surface area (Å²) in [5.74, 6) is 5.69. The Kier molecular flexibility index (Phi) is 11.0. The summed E-state index contributed by atoms with van der Waals surface area (Å²) in [4.78, 5) is 3.06. The fourth-order valence-corrected chi connectivity index (χ4v) is 13.7. The van der Waals surface area contributed by atoms with Crippen LogP contribution in [0.5, 0.6) is 0 Å². The normalized spacial score (nSPS) is 46.3. The molecule has 3 heterocycles. The molecule has 8 fully saturated rings. The Morgan fingerprint density at radius 1 is 0.560 bits per heavy atom. The minimum atomic E-state index is 0.506. The molecule has 14 atom stereocenters. The van der Waals surface area contributed by atoms with Crippen LogP contribution >= 0.6 is 0 Å². The van der Waals surface area contributed by atoms with Crippen molar-refractivity contribution in [1.29, 1.82) is 0 Å². The molecule has 4 nitrogen and oxygen atoms in total. The summed E-state index contributed by atoms with van der Waals surface area (Å²) in [6.07, 6.45) is 43.3. The van der Waals surface area contributed by atoms with Gasteiger partial charge < -0.3 is 14.2 Å². The minimum absolute atomic E-state index is 0.506. The van der Waals surface area contributed by atoms with Crippen LogP contribution < -0.4 is 0 Å². The summed E-state index contributed by atoms with van der Waals surface area (Å²) in [6, 6.07) is 1.31.